The molecule has 1 atom stereocenters. The number of imidazole rings is 1. The van der Waals surface area contributed by atoms with Gasteiger partial charge in [-0.3, -0.25) is 0 Å². The summed E-state index contributed by atoms with van der Waals surface area (Å²) in [4.78, 5) is 4.61. The van der Waals surface area contributed by atoms with Gasteiger partial charge in [-0.1, -0.05) is 18.2 Å². The molecule has 0 aliphatic carbocycles. The van der Waals surface area contributed by atoms with Crippen molar-refractivity contribution in [2.45, 2.75) is 33.1 Å². The van der Waals surface area contributed by atoms with Crippen LogP contribution < -0.4 is 10.1 Å². The number of aromatic nitrogens is 2. The van der Waals surface area contributed by atoms with E-state index >= 15 is 0 Å². The Kier molecular flexibility index (Phi) is 5.13. The Labute approximate surface area is 141 Å². The second-order valence-electron chi connectivity index (χ2n) is 6.07. The number of hydrogen-bond acceptors (Lipinski definition) is 4. The molecule has 1 aromatic carbocycles. The quantitative estimate of drug-likeness (QED) is 0.701. The van der Waals surface area contributed by atoms with Crippen LogP contribution in [-0.4, -0.2) is 27.1 Å². The molecule has 0 radical (unpaired) electrons. The van der Waals surface area contributed by atoms with E-state index in [-0.39, 0.29) is 6.10 Å². The Balaban J connectivity index is 1.56. The SMILES string of the molecule is Cc1cccn2cc(COc3ccc(CNCC(C)O)cc3)nc12. The van der Waals surface area contributed by atoms with Crippen molar-refractivity contribution in [1.29, 1.82) is 0 Å². The number of fused-ring (bicyclic) bond motifs is 1. The molecule has 0 saturated heterocycles. The molecule has 0 spiro atoms. The summed E-state index contributed by atoms with van der Waals surface area (Å²) in [5.74, 6) is 0.822. The van der Waals surface area contributed by atoms with Gasteiger partial charge < -0.3 is 19.6 Å². The zero-order valence-corrected chi connectivity index (χ0v) is 14.1. The lowest BCUT2D eigenvalue weighted by atomic mass is 10.2. The molecule has 5 heteroatoms. The Morgan fingerprint density at radius 3 is 2.75 bits per heavy atom. The van der Waals surface area contributed by atoms with Crippen LogP contribution in [0.5, 0.6) is 5.75 Å². The zero-order valence-electron chi connectivity index (χ0n) is 14.1. The Morgan fingerprint density at radius 2 is 2.04 bits per heavy atom. The number of nitrogens with one attached hydrogen (secondary N) is 1. The molecule has 0 bridgehead atoms. The first-order chi connectivity index (χ1) is 11.6. The van der Waals surface area contributed by atoms with Gasteiger partial charge in [0.1, 0.15) is 18.0 Å². The van der Waals surface area contributed by atoms with Gasteiger partial charge in [-0.2, -0.15) is 0 Å². The lowest BCUT2D eigenvalue weighted by molar-refractivity contribution is 0.191. The van der Waals surface area contributed by atoms with Crippen molar-refractivity contribution in [1.82, 2.24) is 14.7 Å². The predicted octanol–water partition coefficient (Wildman–Crippen LogP) is 2.69. The predicted molar refractivity (Wildman–Crippen MR) is 94.1 cm³/mol. The maximum Gasteiger partial charge on any atom is 0.140 e. The van der Waals surface area contributed by atoms with Gasteiger partial charge in [0.05, 0.1) is 11.8 Å². The summed E-state index contributed by atoms with van der Waals surface area (Å²) in [7, 11) is 0. The fraction of sp³-hybridized carbons (Fsp3) is 0.316. The highest BCUT2D eigenvalue weighted by Gasteiger charge is 2.04. The zero-order chi connectivity index (χ0) is 16.9. The van der Waals surface area contributed by atoms with Crippen molar-refractivity contribution in [2.24, 2.45) is 0 Å². The van der Waals surface area contributed by atoms with Gasteiger partial charge >= 0.3 is 0 Å². The summed E-state index contributed by atoms with van der Waals surface area (Å²) in [5, 5.41) is 12.4. The normalized spacial score (nSPS) is 12.5. The fourth-order valence-corrected chi connectivity index (χ4v) is 2.56. The molecule has 0 fully saturated rings. The average Bonchev–Trinajstić information content (AvgIpc) is 2.98. The summed E-state index contributed by atoms with van der Waals surface area (Å²) >= 11 is 0. The first kappa shape index (κ1) is 16.5. The van der Waals surface area contributed by atoms with E-state index in [0.717, 1.165) is 34.8 Å². The maximum absolute atomic E-state index is 9.23. The number of hydrogen-bond donors (Lipinski definition) is 2. The molecule has 0 amide bonds. The van der Waals surface area contributed by atoms with Crippen LogP contribution in [-0.2, 0) is 13.2 Å². The molecule has 24 heavy (non-hydrogen) atoms. The molecule has 126 valence electrons. The minimum absolute atomic E-state index is 0.332. The number of aliphatic hydroxyl groups is 1. The van der Waals surface area contributed by atoms with Gasteiger partial charge in [-0.25, -0.2) is 4.98 Å². The van der Waals surface area contributed by atoms with Crippen LogP contribution in [0.4, 0.5) is 0 Å². The molecule has 0 saturated carbocycles. The Bertz CT molecular complexity index is 794. The van der Waals surface area contributed by atoms with E-state index in [1.807, 2.05) is 47.1 Å². The molecular formula is C19H23N3O2. The number of nitrogens with zero attached hydrogens (tertiary/aromatic N) is 2. The lowest BCUT2D eigenvalue weighted by Crippen LogP contribution is -2.23. The number of aliphatic hydroxyl groups excluding tert-OH is 1. The number of benzene rings is 1. The number of pyridine rings is 1. The van der Waals surface area contributed by atoms with Gasteiger partial charge in [-0.15, -0.1) is 0 Å². The molecule has 2 N–H and O–H groups in total. The third-order valence-corrected chi connectivity index (χ3v) is 3.81. The topological polar surface area (TPSA) is 58.8 Å². The Morgan fingerprint density at radius 1 is 1.25 bits per heavy atom. The average molecular weight is 325 g/mol. The molecule has 2 heterocycles. The van der Waals surface area contributed by atoms with Gasteiger partial charge in [-0.05, 0) is 43.2 Å². The summed E-state index contributed by atoms with van der Waals surface area (Å²) in [6.07, 6.45) is 3.66. The van der Waals surface area contributed by atoms with Crippen LogP contribution in [0.15, 0.2) is 48.8 Å². The standard InChI is InChI=1S/C19H23N3O2/c1-14-4-3-9-22-12-17(21-19(14)22)13-24-18-7-5-16(6-8-18)11-20-10-15(2)23/h3-9,12,15,20,23H,10-11,13H2,1-2H3. The summed E-state index contributed by atoms with van der Waals surface area (Å²) < 4.78 is 7.84. The second kappa shape index (κ2) is 7.47. The molecular weight excluding hydrogens is 302 g/mol. The van der Waals surface area contributed by atoms with E-state index in [1.165, 1.54) is 0 Å². The van der Waals surface area contributed by atoms with E-state index in [1.54, 1.807) is 6.92 Å². The van der Waals surface area contributed by atoms with Gasteiger partial charge in [0.2, 0.25) is 0 Å². The fourth-order valence-electron chi connectivity index (χ4n) is 2.56. The van der Waals surface area contributed by atoms with Crippen LogP contribution in [0.25, 0.3) is 5.65 Å². The van der Waals surface area contributed by atoms with E-state index in [4.69, 9.17) is 4.74 Å². The second-order valence-corrected chi connectivity index (χ2v) is 6.07. The van der Waals surface area contributed by atoms with E-state index in [9.17, 15) is 5.11 Å². The minimum Gasteiger partial charge on any atom is -0.487 e. The molecule has 0 aliphatic rings. The van der Waals surface area contributed by atoms with Crippen molar-refractivity contribution < 1.29 is 9.84 Å². The van der Waals surface area contributed by atoms with Crippen molar-refractivity contribution in [3.05, 3.63) is 65.6 Å². The third-order valence-electron chi connectivity index (χ3n) is 3.81. The molecule has 0 aliphatic heterocycles. The Hall–Kier alpha value is -2.37. The maximum atomic E-state index is 9.23. The molecule has 3 rings (SSSR count). The number of ether oxygens (including phenoxy) is 1. The van der Waals surface area contributed by atoms with Crippen molar-refractivity contribution in [3.63, 3.8) is 0 Å². The summed E-state index contributed by atoms with van der Waals surface area (Å²) in [5.41, 5.74) is 4.19. The van der Waals surface area contributed by atoms with Crippen LogP contribution in [0.3, 0.4) is 0 Å². The van der Waals surface area contributed by atoms with E-state index < -0.39 is 0 Å². The lowest BCUT2D eigenvalue weighted by Gasteiger charge is -2.08. The highest BCUT2D eigenvalue weighted by molar-refractivity contribution is 5.47. The summed E-state index contributed by atoms with van der Waals surface area (Å²) in [6, 6.07) is 12.0. The molecule has 3 aromatic rings. The van der Waals surface area contributed by atoms with Gasteiger partial charge in [0.25, 0.3) is 0 Å². The molecule has 2 aromatic heterocycles. The number of rotatable bonds is 7. The van der Waals surface area contributed by atoms with Gasteiger partial charge in [0.15, 0.2) is 0 Å². The van der Waals surface area contributed by atoms with E-state index in [0.29, 0.717) is 13.2 Å². The smallest absolute Gasteiger partial charge is 0.140 e. The van der Waals surface area contributed by atoms with Crippen molar-refractivity contribution in [2.75, 3.05) is 6.54 Å². The minimum atomic E-state index is -0.332. The first-order valence-corrected chi connectivity index (χ1v) is 8.15. The third kappa shape index (κ3) is 4.13. The van der Waals surface area contributed by atoms with Crippen molar-refractivity contribution in [3.8, 4) is 5.75 Å². The first-order valence-electron chi connectivity index (χ1n) is 8.15. The molecule has 1 unspecified atom stereocenters. The van der Waals surface area contributed by atoms with Gasteiger partial charge in [0, 0.05) is 25.5 Å². The van der Waals surface area contributed by atoms with Crippen molar-refractivity contribution >= 4 is 5.65 Å². The van der Waals surface area contributed by atoms with Crippen LogP contribution in [0.1, 0.15) is 23.7 Å². The highest BCUT2D eigenvalue weighted by atomic mass is 16.5. The summed E-state index contributed by atoms with van der Waals surface area (Å²) in [6.45, 7) is 5.59. The number of aryl methyl sites for hydroxylation is 1. The van der Waals surface area contributed by atoms with Crippen LogP contribution in [0.2, 0.25) is 0 Å². The monoisotopic (exact) mass is 325 g/mol. The highest BCUT2D eigenvalue weighted by Crippen LogP contribution is 2.15. The molecule has 5 nitrogen and oxygen atoms in total. The largest absolute Gasteiger partial charge is 0.487 e. The van der Waals surface area contributed by atoms with Crippen LogP contribution >= 0.6 is 0 Å². The van der Waals surface area contributed by atoms with E-state index in [2.05, 4.69) is 23.3 Å². The van der Waals surface area contributed by atoms with Crippen LogP contribution in [0, 0.1) is 6.92 Å².